The number of pyridine rings is 1. The summed E-state index contributed by atoms with van der Waals surface area (Å²) in [5.41, 5.74) is -1.68. The third-order valence-corrected chi connectivity index (χ3v) is 2.62. The summed E-state index contributed by atoms with van der Waals surface area (Å²) in [6, 6.07) is 3.37. The van der Waals surface area contributed by atoms with Gasteiger partial charge in [-0.2, -0.15) is 0 Å². The normalized spacial score (nSPS) is 10.2. The van der Waals surface area contributed by atoms with Crippen molar-refractivity contribution in [3.63, 3.8) is 0 Å². The fourth-order valence-electron chi connectivity index (χ4n) is 1.65. The lowest BCUT2D eigenvalue weighted by Gasteiger charge is -2.06. The zero-order chi connectivity index (χ0) is 14.7. The van der Waals surface area contributed by atoms with Gasteiger partial charge in [-0.3, -0.25) is 24.5 Å². The lowest BCUT2D eigenvalue weighted by Crippen LogP contribution is -2.31. The molecule has 104 valence electrons. The van der Waals surface area contributed by atoms with E-state index in [0.29, 0.717) is 11.4 Å². The zero-order valence-electron chi connectivity index (χ0n) is 10.5. The smallest absolute Gasteiger partial charge is 0.350 e. The Morgan fingerprint density at radius 1 is 1.50 bits per heavy atom. The van der Waals surface area contributed by atoms with Gasteiger partial charge in [0.25, 0.3) is 0 Å². The van der Waals surface area contributed by atoms with E-state index in [1.54, 1.807) is 25.4 Å². The Kier molecular flexibility index (Phi) is 3.60. The molecule has 0 aromatic carbocycles. The molecule has 0 saturated carbocycles. The second-order valence-corrected chi connectivity index (χ2v) is 3.96. The van der Waals surface area contributed by atoms with Gasteiger partial charge in [-0.05, 0) is 17.7 Å². The van der Waals surface area contributed by atoms with Crippen molar-refractivity contribution in [2.45, 2.75) is 6.54 Å². The Morgan fingerprint density at radius 2 is 2.25 bits per heavy atom. The predicted molar refractivity (Wildman–Crippen MR) is 70.9 cm³/mol. The fourth-order valence-corrected chi connectivity index (χ4v) is 1.65. The summed E-state index contributed by atoms with van der Waals surface area (Å²) in [5.74, 6) is 0.606. The second-order valence-electron chi connectivity index (χ2n) is 3.96. The Hall–Kier alpha value is -2.97. The van der Waals surface area contributed by atoms with Gasteiger partial charge in [0.05, 0.1) is 17.7 Å². The number of nitrogens with one attached hydrogen (secondary N) is 2. The maximum atomic E-state index is 11.6. The van der Waals surface area contributed by atoms with Crippen LogP contribution in [0.5, 0.6) is 0 Å². The van der Waals surface area contributed by atoms with Crippen LogP contribution in [0.1, 0.15) is 5.56 Å². The summed E-state index contributed by atoms with van der Waals surface area (Å²) >= 11 is 0. The number of hydrogen-bond donors (Lipinski definition) is 2. The van der Waals surface area contributed by atoms with E-state index in [-0.39, 0.29) is 6.54 Å². The van der Waals surface area contributed by atoms with Gasteiger partial charge < -0.3 is 5.32 Å². The minimum atomic E-state index is -1.01. The highest BCUT2D eigenvalue weighted by Crippen LogP contribution is 2.08. The van der Waals surface area contributed by atoms with Gasteiger partial charge in [0.2, 0.25) is 0 Å². The summed E-state index contributed by atoms with van der Waals surface area (Å²) in [6.07, 6.45) is 2.48. The first-order valence-corrected chi connectivity index (χ1v) is 5.62. The van der Waals surface area contributed by atoms with Gasteiger partial charge in [0.15, 0.2) is 0 Å². The highest BCUT2D eigenvalue weighted by molar-refractivity contribution is 5.36. The number of aromatic nitrogens is 3. The number of H-pyrrole nitrogens is 1. The number of anilines is 1. The van der Waals surface area contributed by atoms with Crippen LogP contribution in [0.3, 0.4) is 0 Å². The Balaban J connectivity index is 2.43. The van der Waals surface area contributed by atoms with E-state index in [1.807, 2.05) is 4.98 Å². The molecule has 0 atom stereocenters. The van der Waals surface area contributed by atoms with Crippen LogP contribution in [0.4, 0.5) is 11.5 Å². The predicted octanol–water partition coefficient (Wildman–Crippen LogP) is -0.0702. The molecule has 0 aliphatic rings. The van der Waals surface area contributed by atoms with Crippen LogP contribution in [0.2, 0.25) is 0 Å². The third-order valence-electron chi connectivity index (χ3n) is 2.62. The lowest BCUT2D eigenvalue weighted by atomic mass is 10.2. The topological polar surface area (TPSA) is 123 Å². The van der Waals surface area contributed by atoms with E-state index in [4.69, 9.17) is 0 Å². The molecule has 0 saturated heterocycles. The SMILES string of the molecule is CNc1cc(Cn2cc([N+](=O)[O-])c(=O)[nH]c2=O)ccn1. The minimum Gasteiger partial charge on any atom is -0.373 e. The molecule has 0 spiro atoms. The number of aromatic amines is 1. The van der Waals surface area contributed by atoms with E-state index in [2.05, 4.69) is 10.3 Å². The first kappa shape index (κ1) is 13.5. The Bertz CT molecular complexity index is 764. The first-order chi connectivity index (χ1) is 9.51. The molecule has 0 aliphatic carbocycles. The summed E-state index contributed by atoms with van der Waals surface area (Å²) in [6.45, 7) is 0.0909. The van der Waals surface area contributed by atoms with Crippen molar-refractivity contribution in [2.75, 3.05) is 12.4 Å². The molecule has 2 rings (SSSR count). The van der Waals surface area contributed by atoms with Gasteiger partial charge in [-0.25, -0.2) is 9.78 Å². The van der Waals surface area contributed by atoms with Gasteiger partial charge in [0, 0.05) is 13.2 Å². The van der Waals surface area contributed by atoms with Crippen molar-refractivity contribution in [2.24, 2.45) is 0 Å². The first-order valence-electron chi connectivity index (χ1n) is 5.62. The summed E-state index contributed by atoms with van der Waals surface area (Å²) in [5, 5.41) is 13.5. The molecule has 2 aromatic rings. The Labute approximate surface area is 112 Å². The van der Waals surface area contributed by atoms with Crippen LogP contribution < -0.4 is 16.6 Å². The van der Waals surface area contributed by atoms with Crippen molar-refractivity contribution >= 4 is 11.5 Å². The second kappa shape index (κ2) is 5.34. The molecule has 9 nitrogen and oxygen atoms in total. The van der Waals surface area contributed by atoms with E-state index < -0.39 is 21.9 Å². The maximum Gasteiger partial charge on any atom is 0.350 e. The van der Waals surface area contributed by atoms with Crippen LogP contribution in [0, 0.1) is 10.1 Å². The minimum absolute atomic E-state index is 0.0909. The standard InChI is InChI=1S/C11H11N5O4/c1-12-9-4-7(2-3-13-9)5-15-6-8(16(19)20)10(17)14-11(15)18/h2-4,6H,5H2,1H3,(H,12,13)(H,14,17,18). The lowest BCUT2D eigenvalue weighted by molar-refractivity contribution is -0.386. The molecule has 0 radical (unpaired) electrons. The van der Waals surface area contributed by atoms with Crippen LogP contribution in [-0.2, 0) is 6.54 Å². The highest BCUT2D eigenvalue weighted by atomic mass is 16.6. The molecular formula is C11H11N5O4. The highest BCUT2D eigenvalue weighted by Gasteiger charge is 2.14. The fraction of sp³-hybridized carbons (Fsp3) is 0.182. The molecule has 0 amide bonds. The Morgan fingerprint density at radius 3 is 2.90 bits per heavy atom. The van der Waals surface area contributed by atoms with Crippen molar-refractivity contribution in [1.82, 2.24) is 14.5 Å². The van der Waals surface area contributed by atoms with Crippen LogP contribution in [0.25, 0.3) is 0 Å². The van der Waals surface area contributed by atoms with Crippen molar-refractivity contribution < 1.29 is 4.92 Å². The molecule has 2 N–H and O–H groups in total. The number of nitrogens with zero attached hydrogens (tertiary/aromatic N) is 3. The van der Waals surface area contributed by atoms with Gasteiger partial charge in [-0.1, -0.05) is 0 Å². The molecule has 2 aromatic heterocycles. The molecule has 0 fully saturated rings. The van der Waals surface area contributed by atoms with E-state index in [0.717, 1.165) is 10.8 Å². The average Bonchev–Trinajstić information content (AvgIpc) is 2.41. The van der Waals surface area contributed by atoms with Crippen LogP contribution >= 0.6 is 0 Å². The largest absolute Gasteiger partial charge is 0.373 e. The zero-order valence-corrected chi connectivity index (χ0v) is 10.5. The van der Waals surface area contributed by atoms with Crippen molar-refractivity contribution in [3.05, 3.63) is 61.0 Å². The number of hydrogen-bond acceptors (Lipinski definition) is 6. The van der Waals surface area contributed by atoms with Crippen molar-refractivity contribution in [1.29, 1.82) is 0 Å². The molecule has 9 heteroatoms. The summed E-state index contributed by atoms with van der Waals surface area (Å²) < 4.78 is 1.06. The van der Waals surface area contributed by atoms with Gasteiger partial charge in [0.1, 0.15) is 5.82 Å². The molecule has 20 heavy (non-hydrogen) atoms. The van der Waals surface area contributed by atoms with Gasteiger partial charge in [-0.15, -0.1) is 0 Å². The third kappa shape index (κ3) is 2.71. The van der Waals surface area contributed by atoms with E-state index >= 15 is 0 Å². The average molecular weight is 277 g/mol. The molecular weight excluding hydrogens is 266 g/mol. The number of nitro groups is 1. The molecule has 0 bridgehead atoms. The number of rotatable bonds is 4. The molecule has 2 heterocycles. The van der Waals surface area contributed by atoms with Crippen LogP contribution in [0.15, 0.2) is 34.1 Å². The summed E-state index contributed by atoms with van der Waals surface area (Å²) in [4.78, 5) is 38.7. The molecule has 0 unspecified atom stereocenters. The van der Waals surface area contributed by atoms with Crippen LogP contribution in [-0.4, -0.2) is 26.5 Å². The monoisotopic (exact) mass is 277 g/mol. The quantitative estimate of drug-likeness (QED) is 0.595. The van der Waals surface area contributed by atoms with Crippen molar-refractivity contribution in [3.8, 4) is 0 Å². The van der Waals surface area contributed by atoms with Gasteiger partial charge >= 0.3 is 16.9 Å². The maximum absolute atomic E-state index is 11.6. The van der Waals surface area contributed by atoms with E-state index in [1.165, 1.54) is 0 Å². The summed E-state index contributed by atoms with van der Waals surface area (Å²) in [7, 11) is 1.70. The van der Waals surface area contributed by atoms with E-state index in [9.17, 15) is 19.7 Å². The molecule has 0 aliphatic heterocycles.